The Morgan fingerprint density at radius 1 is 1.26 bits per heavy atom. The average Bonchev–Trinajstić information content (AvgIpc) is 2.39. The molecule has 2 heterocycles. The third-order valence-corrected chi connectivity index (χ3v) is 2.09. The minimum Gasteiger partial charge on any atom is -0.464 e. The van der Waals surface area contributed by atoms with E-state index in [1.54, 1.807) is 13.0 Å². The fraction of sp³-hybridized carbons (Fsp3) is 0.200. The summed E-state index contributed by atoms with van der Waals surface area (Å²) >= 11 is 5.80. The molecule has 2 aromatic heterocycles. The lowest BCUT2D eigenvalue weighted by molar-refractivity contribution is 0.303. The molecule has 0 spiro atoms. The van der Waals surface area contributed by atoms with Crippen molar-refractivity contribution in [1.82, 2.24) is 19.9 Å². The van der Waals surface area contributed by atoms with Crippen molar-refractivity contribution in [3.63, 3.8) is 0 Å². The number of hydrogen-bond donors (Lipinski definition) is 2. The molecule has 2 rings (SSSR count). The molecule has 0 fully saturated rings. The molecule has 0 aliphatic carbocycles. The summed E-state index contributed by atoms with van der Waals surface area (Å²) in [6.45, 7) is 2.22. The smallest absolute Gasteiger partial charge is 0.330 e. The largest absolute Gasteiger partial charge is 0.464 e. The molecule has 100 valence electrons. The van der Waals surface area contributed by atoms with E-state index in [1.165, 1.54) is 12.4 Å². The fourth-order valence-corrected chi connectivity index (χ4v) is 1.36. The van der Waals surface area contributed by atoms with Gasteiger partial charge < -0.3 is 9.47 Å². The number of hydrazine groups is 1. The van der Waals surface area contributed by atoms with Crippen LogP contribution in [0.2, 0.25) is 5.02 Å². The maximum Gasteiger partial charge on any atom is 0.330 e. The Kier molecular flexibility index (Phi) is 4.26. The first-order valence-corrected chi connectivity index (χ1v) is 5.73. The number of halogens is 1. The summed E-state index contributed by atoms with van der Waals surface area (Å²) < 4.78 is 10.6. The zero-order valence-corrected chi connectivity index (χ0v) is 10.8. The van der Waals surface area contributed by atoms with Gasteiger partial charge >= 0.3 is 12.0 Å². The number of pyridine rings is 1. The molecule has 0 aliphatic rings. The van der Waals surface area contributed by atoms with E-state index in [9.17, 15) is 0 Å². The Morgan fingerprint density at radius 3 is 2.74 bits per heavy atom. The van der Waals surface area contributed by atoms with Crippen LogP contribution in [0.15, 0.2) is 18.5 Å². The van der Waals surface area contributed by atoms with Crippen LogP contribution in [0.25, 0.3) is 0 Å². The molecule has 8 nitrogen and oxygen atoms in total. The number of anilines is 1. The predicted octanol–water partition coefficient (Wildman–Crippen LogP) is 1.40. The third-order valence-electron chi connectivity index (χ3n) is 1.89. The molecule has 0 bridgehead atoms. The molecule has 3 N–H and O–H groups in total. The third kappa shape index (κ3) is 3.63. The van der Waals surface area contributed by atoms with Crippen molar-refractivity contribution in [1.29, 1.82) is 0 Å². The molecule has 0 saturated carbocycles. The normalized spacial score (nSPS) is 10.1. The van der Waals surface area contributed by atoms with Crippen molar-refractivity contribution in [2.45, 2.75) is 6.92 Å². The van der Waals surface area contributed by atoms with E-state index < -0.39 is 0 Å². The molecule has 2 aromatic rings. The summed E-state index contributed by atoms with van der Waals surface area (Å²) in [7, 11) is 0. The number of aromatic nitrogens is 4. The second-order valence-corrected chi connectivity index (χ2v) is 3.68. The van der Waals surface area contributed by atoms with E-state index in [0.717, 1.165) is 0 Å². The van der Waals surface area contributed by atoms with Gasteiger partial charge in [-0.3, -0.25) is 10.4 Å². The molecule has 0 atom stereocenters. The Morgan fingerprint density at radius 2 is 2.05 bits per heavy atom. The number of nitrogens with two attached hydrogens (primary N) is 1. The summed E-state index contributed by atoms with van der Waals surface area (Å²) in [4.78, 5) is 15.7. The summed E-state index contributed by atoms with van der Waals surface area (Å²) in [6.07, 6.45) is 2.96. The van der Waals surface area contributed by atoms with Crippen molar-refractivity contribution >= 4 is 17.5 Å². The lowest BCUT2D eigenvalue weighted by atomic mass is 10.5. The molecule has 0 aliphatic heterocycles. The van der Waals surface area contributed by atoms with Crippen LogP contribution in [0, 0.1) is 0 Å². The molecule has 0 aromatic carbocycles. The Labute approximate surface area is 113 Å². The first-order valence-electron chi connectivity index (χ1n) is 5.35. The molecule has 9 heteroatoms. The summed E-state index contributed by atoms with van der Waals surface area (Å²) in [5.74, 6) is 5.77. The maximum absolute atomic E-state index is 5.80. The van der Waals surface area contributed by atoms with Gasteiger partial charge in [-0.2, -0.15) is 9.97 Å². The van der Waals surface area contributed by atoms with Crippen molar-refractivity contribution in [2.24, 2.45) is 5.84 Å². The Balaban J connectivity index is 2.26. The fourth-order valence-electron chi connectivity index (χ4n) is 1.20. The lowest BCUT2D eigenvalue weighted by Gasteiger charge is -2.07. The van der Waals surface area contributed by atoms with Crippen molar-refractivity contribution < 1.29 is 9.47 Å². The summed E-state index contributed by atoms with van der Waals surface area (Å²) in [6, 6.07) is 1.71. The Hall–Kier alpha value is -2.19. The zero-order chi connectivity index (χ0) is 13.7. The highest BCUT2D eigenvalue weighted by molar-refractivity contribution is 6.30. The highest BCUT2D eigenvalue weighted by Crippen LogP contribution is 2.22. The zero-order valence-electron chi connectivity index (χ0n) is 10.00. The van der Waals surface area contributed by atoms with Gasteiger partial charge in [-0.15, -0.1) is 4.98 Å². The van der Waals surface area contributed by atoms with Crippen LogP contribution in [0.5, 0.6) is 17.8 Å². The predicted molar refractivity (Wildman–Crippen MR) is 68.1 cm³/mol. The van der Waals surface area contributed by atoms with Crippen LogP contribution in [0.3, 0.4) is 0 Å². The standard InChI is InChI=1S/C10H11ClN6O2/c1-2-18-9-14-8(17-12)15-10(16-9)19-7-3-6(11)4-13-5-7/h3-5H,2,12H2,1H3,(H,14,15,16,17). The second-order valence-electron chi connectivity index (χ2n) is 3.24. The van der Waals surface area contributed by atoms with Crippen LogP contribution in [-0.4, -0.2) is 26.5 Å². The molecule has 0 saturated heterocycles. The molecular weight excluding hydrogens is 272 g/mol. The number of rotatable bonds is 5. The van der Waals surface area contributed by atoms with Crippen molar-refractivity contribution in [3.05, 3.63) is 23.5 Å². The minimum absolute atomic E-state index is 0.0236. The highest BCUT2D eigenvalue weighted by atomic mass is 35.5. The van der Waals surface area contributed by atoms with Gasteiger partial charge in [0.2, 0.25) is 5.95 Å². The van der Waals surface area contributed by atoms with E-state index in [4.69, 9.17) is 26.9 Å². The van der Waals surface area contributed by atoms with Gasteiger partial charge in [-0.1, -0.05) is 11.6 Å². The summed E-state index contributed by atoms with van der Waals surface area (Å²) in [5.41, 5.74) is 2.30. The SMILES string of the molecule is CCOc1nc(NN)nc(Oc2cncc(Cl)c2)n1. The minimum atomic E-state index is 0.0236. The highest BCUT2D eigenvalue weighted by Gasteiger charge is 2.09. The van der Waals surface area contributed by atoms with Gasteiger partial charge in [0, 0.05) is 12.3 Å². The molecule has 0 radical (unpaired) electrons. The van der Waals surface area contributed by atoms with Gasteiger partial charge in [-0.25, -0.2) is 5.84 Å². The van der Waals surface area contributed by atoms with E-state index in [2.05, 4.69) is 25.4 Å². The van der Waals surface area contributed by atoms with Crippen LogP contribution in [0.1, 0.15) is 6.92 Å². The van der Waals surface area contributed by atoms with Gasteiger partial charge in [0.1, 0.15) is 0 Å². The van der Waals surface area contributed by atoms with E-state index in [-0.39, 0.29) is 18.0 Å². The first kappa shape index (κ1) is 13.2. The first-order chi connectivity index (χ1) is 9.21. The topological polar surface area (TPSA) is 108 Å². The van der Waals surface area contributed by atoms with Crippen molar-refractivity contribution in [2.75, 3.05) is 12.0 Å². The van der Waals surface area contributed by atoms with Crippen molar-refractivity contribution in [3.8, 4) is 17.8 Å². The number of nitrogen functional groups attached to an aromatic ring is 1. The van der Waals surface area contributed by atoms with Crippen LogP contribution < -0.4 is 20.7 Å². The second kappa shape index (κ2) is 6.12. The monoisotopic (exact) mass is 282 g/mol. The van der Waals surface area contributed by atoms with E-state index in [0.29, 0.717) is 17.4 Å². The summed E-state index contributed by atoms with van der Waals surface area (Å²) in [5, 5.41) is 0.439. The number of hydrogen-bond acceptors (Lipinski definition) is 8. The molecule has 19 heavy (non-hydrogen) atoms. The number of nitrogens with one attached hydrogen (secondary N) is 1. The van der Waals surface area contributed by atoms with Crippen LogP contribution >= 0.6 is 11.6 Å². The lowest BCUT2D eigenvalue weighted by Crippen LogP contribution is -2.12. The quantitative estimate of drug-likeness (QED) is 0.626. The molecular formula is C10H11ClN6O2. The number of nitrogens with zero attached hydrogens (tertiary/aromatic N) is 4. The Bertz CT molecular complexity index is 567. The van der Waals surface area contributed by atoms with Gasteiger partial charge in [0.15, 0.2) is 5.75 Å². The number of ether oxygens (including phenoxy) is 2. The van der Waals surface area contributed by atoms with E-state index >= 15 is 0 Å². The van der Waals surface area contributed by atoms with E-state index in [1.807, 2.05) is 0 Å². The molecule has 0 amide bonds. The van der Waals surface area contributed by atoms with Crippen LogP contribution in [0.4, 0.5) is 5.95 Å². The van der Waals surface area contributed by atoms with Gasteiger partial charge in [0.05, 0.1) is 17.8 Å². The van der Waals surface area contributed by atoms with Gasteiger partial charge in [-0.05, 0) is 6.92 Å². The maximum atomic E-state index is 5.80. The van der Waals surface area contributed by atoms with Gasteiger partial charge in [0.25, 0.3) is 0 Å². The molecule has 0 unspecified atom stereocenters. The average molecular weight is 283 g/mol. The van der Waals surface area contributed by atoms with Crippen LogP contribution in [-0.2, 0) is 0 Å².